The fourth-order valence-electron chi connectivity index (χ4n) is 3.03. The molecule has 0 saturated carbocycles. The van der Waals surface area contributed by atoms with Gasteiger partial charge < -0.3 is 10.2 Å². The predicted molar refractivity (Wildman–Crippen MR) is 90.4 cm³/mol. The van der Waals surface area contributed by atoms with E-state index in [0.29, 0.717) is 6.42 Å². The number of thiazole rings is 1. The minimum absolute atomic E-state index is 0.149. The van der Waals surface area contributed by atoms with Crippen molar-refractivity contribution < 1.29 is 9.69 Å². The molecule has 4 nitrogen and oxygen atoms in total. The van der Waals surface area contributed by atoms with Gasteiger partial charge in [0.25, 0.3) is 0 Å². The van der Waals surface area contributed by atoms with Crippen LogP contribution in [-0.2, 0) is 11.2 Å². The summed E-state index contributed by atoms with van der Waals surface area (Å²) in [5.74, 6) is 0.149. The second-order valence-electron chi connectivity index (χ2n) is 5.99. The third kappa shape index (κ3) is 4.27. The Morgan fingerprint density at radius 3 is 2.91 bits per heavy atom. The molecule has 22 heavy (non-hydrogen) atoms. The van der Waals surface area contributed by atoms with Crippen LogP contribution in [0.5, 0.6) is 0 Å². The van der Waals surface area contributed by atoms with Crippen molar-refractivity contribution in [3.63, 3.8) is 0 Å². The number of aromatic nitrogens is 1. The van der Waals surface area contributed by atoms with Gasteiger partial charge in [0.1, 0.15) is 0 Å². The number of para-hydroxylation sites is 1. The number of hydrogen-bond donors (Lipinski definition) is 2. The molecule has 1 aliphatic rings. The molecule has 0 radical (unpaired) electrons. The maximum absolute atomic E-state index is 11.9. The third-order valence-electron chi connectivity index (χ3n) is 4.24. The molecule has 0 bridgehead atoms. The smallest absolute Gasteiger partial charge is 0.220 e. The number of likely N-dealkylation sites (tertiary alicyclic amines) is 1. The van der Waals surface area contributed by atoms with Gasteiger partial charge in [-0.25, -0.2) is 4.98 Å². The third-order valence-corrected chi connectivity index (χ3v) is 5.34. The molecular weight excluding hydrogens is 294 g/mol. The van der Waals surface area contributed by atoms with E-state index in [1.807, 2.05) is 18.2 Å². The van der Waals surface area contributed by atoms with E-state index in [2.05, 4.69) is 16.4 Å². The number of quaternary nitrogens is 1. The van der Waals surface area contributed by atoms with Gasteiger partial charge in [-0.05, 0) is 12.1 Å². The lowest BCUT2D eigenvalue weighted by Crippen LogP contribution is -3.10. The van der Waals surface area contributed by atoms with Gasteiger partial charge in [-0.2, -0.15) is 0 Å². The number of benzene rings is 1. The van der Waals surface area contributed by atoms with Crippen molar-refractivity contribution in [2.75, 3.05) is 26.2 Å². The lowest BCUT2D eigenvalue weighted by Gasteiger charge is -2.11. The first kappa shape index (κ1) is 15.4. The zero-order valence-corrected chi connectivity index (χ0v) is 13.8. The molecule has 1 saturated heterocycles. The van der Waals surface area contributed by atoms with Gasteiger partial charge in [-0.1, -0.05) is 12.1 Å². The summed E-state index contributed by atoms with van der Waals surface area (Å²) in [7, 11) is 0. The Hall–Kier alpha value is -1.46. The molecule has 5 heteroatoms. The Labute approximate surface area is 135 Å². The van der Waals surface area contributed by atoms with E-state index in [9.17, 15) is 4.79 Å². The van der Waals surface area contributed by atoms with Gasteiger partial charge >= 0.3 is 0 Å². The fourth-order valence-corrected chi connectivity index (χ4v) is 3.99. The van der Waals surface area contributed by atoms with Crippen molar-refractivity contribution in [3.8, 4) is 0 Å². The predicted octanol–water partition coefficient (Wildman–Crippen LogP) is 1.41. The highest BCUT2D eigenvalue weighted by molar-refractivity contribution is 7.18. The molecule has 0 aliphatic carbocycles. The molecule has 1 aliphatic heterocycles. The van der Waals surface area contributed by atoms with E-state index in [-0.39, 0.29) is 5.91 Å². The minimum atomic E-state index is 0.149. The molecule has 2 heterocycles. The van der Waals surface area contributed by atoms with Crippen molar-refractivity contribution in [3.05, 3.63) is 29.3 Å². The summed E-state index contributed by atoms with van der Waals surface area (Å²) in [6.45, 7) is 4.62. The summed E-state index contributed by atoms with van der Waals surface area (Å²) in [6.07, 6.45) is 5.09. The normalized spacial score (nSPS) is 15.5. The van der Waals surface area contributed by atoms with Crippen LogP contribution in [-0.4, -0.2) is 37.1 Å². The molecular formula is C17H24N3OS+. The molecule has 0 atom stereocenters. The van der Waals surface area contributed by atoms with Crippen LogP contribution >= 0.6 is 11.3 Å². The molecule has 0 unspecified atom stereocenters. The average molecular weight is 318 g/mol. The maximum atomic E-state index is 11.9. The molecule has 0 spiro atoms. The van der Waals surface area contributed by atoms with E-state index in [0.717, 1.165) is 29.9 Å². The van der Waals surface area contributed by atoms with Crippen LogP contribution in [0.2, 0.25) is 0 Å². The Balaban J connectivity index is 1.35. The number of aryl methyl sites for hydroxylation is 1. The zero-order valence-electron chi connectivity index (χ0n) is 12.9. The van der Waals surface area contributed by atoms with E-state index < -0.39 is 0 Å². The fraction of sp³-hybridized carbons (Fsp3) is 0.529. The molecule has 2 N–H and O–H groups in total. The summed E-state index contributed by atoms with van der Waals surface area (Å²) < 4.78 is 1.20. The largest absolute Gasteiger partial charge is 0.356 e. The zero-order chi connectivity index (χ0) is 15.2. The number of nitrogens with one attached hydrogen (secondary N) is 2. The molecule has 118 valence electrons. The Morgan fingerprint density at radius 1 is 1.27 bits per heavy atom. The van der Waals surface area contributed by atoms with Gasteiger partial charge in [-0.3, -0.25) is 4.79 Å². The Bertz CT molecular complexity index is 586. The van der Waals surface area contributed by atoms with Crippen molar-refractivity contribution in [2.45, 2.75) is 32.1 Å². The lowest BCUT2D eigenvalue weighted by atomic mass is 10.3. The van der Waals surface area contributed by atoms with Gasteiger partial charge in [0, 0.05) is 38.6 Å². The highest BCUT2D eigenvalue weighted by Crippen LogP contribution is 2.22. The van der Waals surface area contributed by atoms with Crippen LogP contribution in [0.3, 0.4) is 0 Å². The minimum Gasteiger partial charge on any atom is -0.356 e. The van der Waals surface area contributed by atoms with Crippen LogP contribution in [0.25, 0.3) is 10.2 Å². The van der Waals surface area contributed by atoms with E-state index in [1.54, 1.807) is 16.2 Å². The second kappa shape index (κ2) is 7.70. The molecule has 3 rings (SSSR count). The summed E-state index contributed by atoms with van der Waals surface area (Å²) in [5.41, 5.74) is 1.04. The summed E-state index contributed by atoms with van der Waals surface area (Å²) >= 11 is 1.69. The maximum Gasteiger partial charge on any atom is 0.220 e. The van der Waals surface area contributed by atoms with Crippen LogP contribution in [0.1, 0.15) is 30.7 Å². The van der Waals surface area contributed by atoms with E-state index in [4.69, 9.17) is 0 Å². The summed E-state index contributed by atoms with van der Waals surface area (Å²) in [4.78, 5) is 18.2. The van der Waals surface area contributed by atoms with Crippen molar-refractivity contribution in [2.24, 2.45) is 0 Å². The number of hydrogen-bond acceptors (Lipinski definition) is 3. The van der Waals surface area contributed by atoms with Crippen LogP contribution in [0.15, 0.2) is 24.3 Å². The first-order chi connectivity index (χ1) is 10.8. The number of carbonyl (C=O) groups is 1. The number of rotatable bonds is 7. The average Bonchev–Trinajstić information content (AvgIpc) is 3.18. The van der Waals surface area contributed by atoms with Crippen molar-refractivity contribution in [1.82, 2.24) is 10.3 Å². The van der Waals surface area contributed by atoms with Gasteiger partial charge in [-0.15, -0.1) is 11.3 Å². The van der Waals surface area contributed by atoms with Crippen LogP contribution in [0, 0.1) is 0 Å². The monoisotopic (exact) mass is 318 g/mol. The molecule has 2 aromatic rings. The van der Waals surface area contributed by atoms with Crippen LogP contribution in [0.4, 0.5) is 0 Å². The summed E-state index contributed by atoms with van der Waals surface area (Å²) in [5, 5.41) is 4.09. The highest BCUT2D eigenvalue weighted by atomic mass is 32.1. The van der Waals surface area contributed by atoms with E-state index >= 15 is 0 Å². The number of fused-ring (bicyclic) bond motifs is 1. The highest BCUT2D eigenvalue weighted by Gasteiger charge is 2.14. The first-order valence-electron chi connectivity index (χ1n) is 8.26. The first-order valence-corrected chi connectivity index (χ1v) is 9.07. The topological polar surface area (TPSA) is 46.4 Å². The van der Waals surface area contributed by atoms with Crippen molar-refractivity contribution in [1.29, 1.82) is 0 Å². The lowest BCUT2D eigenvalue weighted by molar-refractivity contribution is -0.887. The van der Waals surface area contributed by atoms with Gasteiger partial charge in [0.15, 0.2) is 0 Å². The Morgan fingerprint density at radius 2 is 2.09 bits per heavy atom. The van der Waals surface area contributed by atoms with E-state index in [1.165, 1.54) is 37.2 Å². The number of amides is 1. The van der Waals surface area contributed by atoms with Crippen LogP contribution < -0.4 is 10.2 Å². The standard InChI is InChI=1S/C17H23N3OS/c21-16(18-10-5-13-20-11-3-4-12-20)8-9-17-19-14-6-1-2-7-15(14)22-17/h1-2,6-7H,3-5,8-13H2,(H,18,21)/p+1. The van der Waals surface area contributed by atoms with Gasteiger partial charge in [0.05, 0.1) is 34.9 Å². The summed E-state index contributed by atoms with van der Waals surface area (Å²) in [6, 6.07) is 8.13. The van der Waals surface area contributed by atoms with Gasteiger partial charge in [0.2, 0.25) is 5.91 Å². The second-order valence-corrected chi connectivity index (χ2v) is 7.10. The molecule has 1 fully saturated rings. The quantitative estimate of drug-likeness (QED) is 0.759. The molecule has 1 amide bonds. The van der Waals surface area contributed by atoms with Crippen molar-refractivity contribution >= 4 is 27.5 Å². The Kier molecular flexibility index (Phi) is 5.40. The molecule has 1 aromatic heterocycles. The molecule has 1 aromatic carbocycles. The SMILES string of the molecule is O=C(CCc1nc2ccccc2s1)NCCC[NH+]1CCCC1. The number of carbonyl (C=O) groups excluding carboxylic acids is 1. The number of nitrogens with zero attached hydrogens (tertiary/aromatic N) is 1.